The Hall–Kier alpha value is -2.67. The Kier molecular flexibility index (Phi) is 5.22. The van der Waals surface area contributed by atoms with Crippen molar-refractivity contribution in [2.75, 3.05) is 12.9 Å². The van der Waals surface area contributed by atoms with Crippen molar-refractivity contribution in [3.05, 3.63) is 60.4 Å². The van der Waals surface area contributed by atoms with E-state index in [1.165, 1.54) is 18.9 Å². The fourth-order valence-corrected chi connectivity index (χ4v) is 2.97. The molecule has 6 nitrogen and oxygen atoms in total. The average molecular weight is 340 g/mol. The van der Waals surface area contributed by atoms with Crippen LogP contribution in [0.1, 0.15) is 5.56 Å². The summed E-state index contributed by atoms with van der Waals surface area (Å²) in [6.07, 6.45) is 3.44. The van der Waals surface area contributed by atoms with Crippen LogP contribution in [0, 0.1) is 0 Å². The Labute approximate surface area is 143 Å². The van der Waals surface area contributed by atoms with Gasteiger partial charge in [0.1, 0.15) is 0 Å². The minimum Gasteiger partial charge on any atom is -0.468 e. The maximum Gasteiger partial charge on any atom is 0.316 e. The van der Waals surface area contributed by atoms with Crippen LogP contribution in [0.15, 0.2) is 60.0 Å². The second-order valence-electron chi connectivity index (χ2n) is 4.98. The van der Waals surface area contributed by atoms with Crippen molar-refractivity contribution >= 4 is 17.7 Å². The van der Waals surface area contributed by atoms with Gasteiger partial charge in [0.2, 0.25) is 0 Å². The molecule has 3 aromatic rings. The summed E-state index contributed by atoms with van der Waals surface area (Å²) in [7, 11) is 1.37. The van der Waals surface area contributed by atoms with E-state index in [9.17, 15) is 4.79 Å². The molecule has 0 atom stereocenters. The van der Waals surface area contributed by atoms with Crippen LogP contribution >= 0.6 is 11.8 Å². The Morgan fingerprint density at radius 1 is 1.12 bits per heavy atom. The Bertz CT molecular complexity index is 806. The topological polar surface area (TPSA) is 69.9 Å². The molecule has 0 spiro atoms. The fourth-order valence-electron chi connectivity index (χ4n) is 2.20. The molecule has 0 radical (unpaired) electrons. The molecular weight excluding hydrogens is 324 g/mol. The third kappa shape index (κ3) is 3.80. The minimum atomic E-state index is -0.292. The van der Waals surface area contributed by atoms with Gasteiger partial charge in [-0.2, -0.15) is 0 Å². The number of aromatic nitrogens is 4. The van der Waals surface area contributed by atoms with Gasteiger partial charge >= 0.3 is 5.97 Å². The number of carbonyl (C=O) groups is 1. The van der Waals surface area contributed by atoms with Gasteiger partial charge in [-0.1, -0.05) is 42.1 Å². The molecule has 0 saturated heterocycles. The van der Waals surface area contributed by atoms with Gasteiger partial charge in [0.25, 0.3) is 0 Å². The highest BCUT2D eigenvalue weighted by molar-refractivity contribution is 7.99. The number of methoxy groups -OCH3 is 1. The standard InChI is InChI=1S/C17H16N4O2S/c1-23-15(22)12-24-17-20-19-16(14-7-9-18-10-8-14)21(17)11-13-5-3-2-4-6-13/h2-10H,11-12H2,1H3. The maximum absolute atomic E-state index is 11.4. The molecule has 0 bridgehead atoms. The molecule has 24 heavy (non-hydrogen) atoms. The van der Waals surface area contributed by atoms with Gasteiger partial charge in [-0.05, 0) is 17.7 Å². The summed E-state index contributed by atoms with van der Waals surface area (Å²) in [5.41, 5.74) is 2.06. The lowest BCUT2D eigenvalue weighted by Crippen LogP contribution is -2.07. The van der Waals surface area contributed by atoms with E-state index in [1.807, 2.05) is 47.0 Å². The van der Waals surface area contributed by atoms with Gasteiger partial charge in [0, 0.05) is 18.0 Å². The van der Waals surface area contributed by atoms with Crippen molar-refractivity contribution in [3.63, 3.8) is 0 Å². The zero-order chi connectivity index (χ0) is 16.8. The van der Waals surface area contributed by atoms with Crippen LogP contribution in [0.5, 0.6) is 0 Å². The lowest BCUT2D eigenvalue weighted by molar-refractivity contribution is -0.137. The molecule has 0 aliphatic heterocycles. The fraction of sp³-hybridized carbons (Fsp3) is 0.176. The summed E-state index contributed by atoms with van der Waals surface area (Å²) < 4.78 is 6.69. The number of pyridine rings is 1. The first-order valence-electron chi connectivity index (χ1n) is 7.35. The SMILES string of the molecule is COC(=O)CSc1nnc(-c2ccncc2)n1Cc1ccccc1. The molecule has 0 unspecified atom stereocenters. The van der Waals surface area contributed by atoms with E-state index < -0.39 is 0 Å². The number of carbonyl (C=O) groups excluding carboxylic acids is 1. The summed E-state index contributed by atoms with van der Waals surface area (Å²) in [4.78, 5) is 15.5. The predicted molar refractivity (Wildman–Crippen MR) is 91.5 cm³/mol. The van der Waals surface area contributed by atoms with Crippen molar-refractivity contribution < 1.29 is 9.53 Å². The summed E-state index contributed by atoms with van der Waals surface area (Å²) in [6.45, 7) is 0.620. The first kappa shape index (κ1) is 16.2. The molecule has 0 aliphatic rings. The van der Waals surface area contributed by atoms with Crippen LogP contribution in [0.3, 0.4) is 0 Å². The van der Waals surface area contributed by atoms with Gasteiger partial charge < -0.3 is 4.74 Å². The van der Waals surface area contributed by atoms with E-state index >= 15 is 0 Å². The van der Waals surface area contributed by atoms with E-state index in [1.54, 1.807) is 12.4 Å². The molecule has 1 aromatic carbocycles. The summed E-state index contributed by atoms with van der Waals surface area (Å²) in [5.74, 6) is 0.646. The van der Waals surface area contributed by atoms with Crippen molar-refractivity contribution in [1.29, 1.82) is 0 Å². The normalized spacial score (nSPS) is 10.5. The molecule has 0 amide bonds. The van der Waals surface area contributed by atoms with Crippen LogP contribution in [-0.4, -0.2) is 38.6 Å². The highest BCUT2D eigenvalue weighted by atomic mass is 32.2. The Balaban J connectivity index is 1.94. The number of hydrogen-bond donors (Lipinski definition) is 0. The number of nitrogens with zero attached hydrogens (tertiary/aromatic N) is 4. The molecule has 0 N–H and O–H groups in total. The molecule has 2 aromatic heterocycles. The molecule has 7 heteroatoms. The van der Waals surface area contributed by atoms with Crippen LogP contribution in [0.4, 0.5) is 0 Å². The van der Waals surface area contributed by atoms with E-state index in [-0.39, 0.29) is 11.7 Å². The van der Waals surface area contributed by atoms with Gasteiger partial charge in [0.15, 0.2) is 11.0 Å². The third-order valence-corrected chi connectivity index (χ3v) is 4.33. The number of thioether (sulfide) groups is 1. The Morgan fingerprint density at radius 2 is 1.88 bits per heavy atom. The van der Waals surface area contributed by atoms with E-state index in [2.05, 4.69) is 15.2 Å². The van der Waals surface area contributed by atoms with E-state index in [4.69, 9.17) is 4.74 Å². The van der Waals surface area contributed by atoms with Gasteiger partial charge in [-0.25, -0.2) is 0 Å². The average Bonchev–Trinajstić information content (AvgIpc) is 3.04. The van der Waals surface area contributed by atoms with Crippen molar-refractivity contribution in [2.24, 2.45) is 0 Å². The Morgan fingerprint density at radius 3 is 2.58 bits per heavy atom. The zero-order valence-electron chi connectivity index (χ0n) is 13.1. The molecule has 3 rings (SSSR count). The quantitative estimate of drug-likeness (QED) is 0.507. The smallest absolute Gasteiger partial charge is 0.316 e. The molecule has 2 heterocycles. The zero-order valence-corrected chi connectivity index (χ0v) is 13.9. The van der Waals surface area contributed by atoms with Gasteiger partial charge in [-0.3, -0.25) is 14.3 Å². The van der Waals surface area contributed by atoms with Gasteiger partial charge in [0.05, 0.1) is 19.4 Å². The maximum atomic E-state index is 11.4. The third-order valence-electron chi connectivity index (χ3n) is 3.39. The minimum absolute atomic E-state index is 0.194. The van der Waals surface area contributed by atoms with Crippen molar-refractivity contribution in [2.45, 2.75) is 11.7 Å². The highest BCUT2D eigenvalue weighted by Gasteiger charge is 2.16. The van der Waals surface area contributed by atoms with Crippen molar-refractivity contribution in [3.8, 4) is 11.4 Å². The number of ether oxygens (including phenoxy) is 1. The molecular formula is C17H16N4O2S. The van der Waals surface area contributed by atoms with Crippen LogP contribution in [-0.2, 0) is 16.1 Å². The second-order valence-corrected chi connectivity index (χ2v) is 5.92. The number of esters is 1. The van der Waals surface area contributed by atoms with E-state index in [0.717, 1.165) is 17.0 Å². The first-order chi connectivity index (χ1) is 11.8. The number of rotatable bonds is 6. The second kappa shape index (κ2) is 7.74. The largest absolute Gasteiger partial charge is 0.468 e. The first-order valence-corrected chi connectivity index (χ1v) is 8.33. The van der Waals surface area contributed by atoms with E-state index in [0.29, 0.717) is 11.7 Å². The van der Waals surface area contributed by atoms with Crippen LogP contribution in [0.2, 0.25) is 0 Å². The predicted octanol–water partition coefficient (Wildman–Crippen LogP) is 2.65. The molecule has 122 valence electrons. The summed E-state index contributed by atoms with van der Waals surface area (Å²) >= 11 is 1.31. The molecule has 0 saturated carbocycles. The highest BCUT2D eigenvalue weighted by Crippen LogP contribution is 2.24. The summed E-state index contributed by atoms with van der Waals surface area (Å²) in [6, 6.07) is 13.8. The van der Waals surface area contributed by atoms with Crippen molar-refractivity contribution in [1.82, 2.24) is 19.7 Å². The molecule has 0 fully saturated rings. The lowest BCUT2D eigenvalue weighted by atomic mass is 10.2. The number of benzene rings is 1. The van der Waals surface area contributed by atoms with Crippen LogP contribution in [0.25, 0.3) is 11.4 Å². The van der Waals surface area contributed by atoms with Gasteiger partial charge in [-0.15, -0.1) is 10.2 Å². The monoisotopic (exact) mass is 340 g/mol. The lowest BCUT2D eigenvalue weighted by Gasteiger charge is -2.10. The molecule has 0 aliphatic carbocycles. The number of hydrogen-bond acceptors (Lipinski definition) is 6. The van der Waals surface area contributed by atoms with Crippen LogP contribution < -0.4 is 0 Å². The summed E-state index contributed by atoms with van der Waals surface area (Å²) in [5, 5.41) is 9.22.